The smallest absolute Gasteiger partial charge is 0.340 e. The van der Waals surface area contributed by atoms with Crippen LogP contribution < -0.4 is 10.1 Å². The number of carbonyl (C=O) groups is 2. The number of rotatable bonds is 7. The predicted octanol–water partition coefficient (Wildman–Crippen LogP) is 3.85. The molecule has 0 atom stereocenters. The number of hydrogen-bond donors (Lipinski definition) is 1. The zero-order valence-electron chi connectivity index (χ0n) is 15.9. The second-order valence-corrected chi connectivity index (χ2v) is 6.08. The lowest BCUT2D eigenvalue weighted by atomic mass is 10.1. The Morgan fingerprint density at radius 3 is 2.59 bits per heavy atom. The normalized spacial score (nSPS) is 10.4. The molecule has 0 aliphatic heterocycles. The molecule has 7 nitrogen and oxygen atoms in total. The van der Waals surface area contributed by atoms with E-state index in [0.717, 1.165) is 0 Å². The zero-order valence-corrected chi connectivity index (χ0v) is 15.9. The highest BCUT2D eigenvalue weighted by Crippen LogP contribution is 2.24. The molecule has 1 amide bonds. The number of aromatic nitrogens is 1. The molecule has 1 aromatic heterocycles. The molecule has 0 spiro atoms. The van der Waals surface area contributed by atoms with Crippen LogP contribution in [-0.2, 0) is 16.0 Å². The quantitative estimate of drug-likeness (QED) is 0.608. The number of methoxy groups -OCH3 is 2. The number of esters is 1. The first kappa shape index (κ1) is 20.1. The topological polar surface area (TPSA) is 90.7 Å². The Balaban J connectivity index is 1.63. The molecule has 0 fully saturated rings. The third kappa shape index (κ3) is 4.98. The van der Waals surface area contributed by atoms with Gasteiger partial charge in [0.05, 0.1) is 31.7 Å². The van der Waals surface area contributed by atoms with Gasteiger partial charge in [0.2, 0.25) is 5.91 Å². The highest BCUT2D eigenvalue weighted by atomic mass is 19.1. The Kier molecular flexibility index (Phi) is 6.23. The fourth-order valence-corrected chi connectivity index (χ4v) is 2.64. The number of nitrogens with zero attached hydrogens (tertiary/aromatic N) is 1. The number of halogens is 1. The van der Waals surface area contributed by atoms with Crippen molar-refractivity contribution in [3.63, 3.8) is 0 Å². The van der Waals surface area contributed by atoms with Gasteiger partial charge in [0.25, 0.3) is 0 Å². The summed E-state index contributed by atoms with van der Waals surface area (Å²) in [6, 6.07) is 10.5. The van der Waals surface area contributed by atoms with Gasteiger partial charge in [0.1, 0.15) is 11.6 Å². The number of ether oxygens (including phenoxy) is 2. The second-order valence-electron chi connectivity index (χ2n) is 6.08. The van der Waals surface area contributed by atoms with E-state index in [1.54, 1.807) is 24.3 Å². The lowest BCUT2D eigenvalue weighted by molar-refractivity contribution is -0.116. The van der Waals surface area contributed by atoms with E-state index in [1.807, 2.05) is 0 Å². The number of benzene rings is 2. The van der Waals surface area contributed by atoms with Gasteiger partial charge in [-0.2, -0.15) is 0 Å². The molecule has 0 radical (unpaired) electrons. The Morgan fingerprint density at radius 2 is 1.90 bits per heavy atom. The van der Waals surface area contributed by atoms with E-state index in [-0.39, 0.29) is 30.1 Å². The largest absolute Gasteiger partial charge is 0.497 e. The first-order chi connectivity index (χ1) is 14.0. The second kappa shape index (κ2) is 9.01. The summed E-state index contributed by atoms with van der Waals surface area (Å²) in [5, 5.41) is 2.69. The van der Waals surface area contributed by atoms with Gasteiger partial charge in [-0.15, -0.1) is 0 Å². The number of oxazole rings is 1. The fraction of sp³-hybridized carbons (Fsp3) is 0.190. The van der Waals surface area contributed by atoms with Crippen LogP contribution in [0.5, 0.6) is 5.75 Å². The Labute approximate surface area is 166 Å². The third-order valence-electron chi connectivity index (χ3n) is 4.15. The molecule has 29 heavy (non-hydrogen) atoms. The first-order valence-corrected chi connectivity index (χ1v) is 8.77. The van der Waals surface area contributed by atoms with E-state index in [1.165, 1.54) is 38.6 Å². The van der Waals surface area contributed by atoms with Gasteiger partial charge < -0.3 is 19.2 Å². The average Bonchev–Trinajstić information content (AvgIpc) is 3.21. The molecule has 0 unspecified atom stereocenters. The van der Waals surface area contributed by atoms with Crippen LogP contribution in [0.1, 0.15) is 22.7 Å². The minimum atomic E-state index is -0.587. The maximum absolute atomic E-state index is 13.0. The van der Waals surface area contributed by atoms with Crippen LogP contribution in [0.15, 0.2) is 53.1 Å². The molecule has 0 aliphatic rings. The molecule has 0 saturated heterocycles. The van der Waals surface area contributed by atoms with E-state index in [9.17, 15) is 14.0 Å². The summed E-state index contributed by atoms with van der Waals surface area (Å²) >= 11 is 0. The van der Waals surface area contributed by atoms with E-state index in [4.69, 9.17) is 13.9 Å². The van der Waals surface area contributed by atoms with Gasteiger partial charge in [-0.1, -0.05) is 0 Å². The number of aryl methyl sites for hydroxylation is 1. The Morgan fingerprint density at radius 1 is 1.14 bits per heavy atom. The van der Waals surface area contributed by atoms with Crippen molar-refractivity contribution < 1.29 is 27.9 Å². The van der Waals surface area contributed by atoms with Crippen LogP contribution in [-0.4, -0.2) is 31.1 Å². The van der Waals surface area contributed by atoms with Gasteiger partial charge >= 0.3 is 5.97 Å². The van der Waals surface area contributed by atoms with Gasteiger partial charge in [0.15, 0.2) is 11.7 Å². The van der Waals surface area contributed by atoms with Gasteiger partial charge in [0, 0.05) is 18.4 Å². The first-order valence-electron chi connectivity index (χ1n) is 8.77. The highest BCUT2D eigenvalue weighted by molar-refractivity contribution is 6.01. The summed E-state index contributed by atoms with van der Waals surface area (Å²) in [4.78, 5) is 28.4. The van der Waals surface area contributed by atoms with E-state index < -0.39 is 5.97 Å². The van der Waals surface area contributed by atoms with Gasteiger partial charge in [-0.3, -0.25) is 4.79 Å². The SMILES string of the molecule is COC(=O)c1cc(OC)ccc1NC(=O)CCc1ncc(-c2ccc(F)cc2)o1. The number of anilines is 1. The number of amides is 1. The molecule has 2 aromatic carbocycles. The van der Waals surface area contributed by atoms with Crippen LogP contribution in [0.25, 0.3) is 11.3 Å². The minimum absolute atomic E-state index is 0.0933. The van der Waals surface area contributed by atoms with Crippen molar-refractivity contribution in [1.82, 2.24) is 4.98 Å². The number of hydrogen-bond acceptors (Lipinski definition) is 6. The monoisotopic (exact) mass is 398 g/mol. The van der Waals surface area contributed by atoms with Crippen molar-refractivity contribution in [2.75, 3.05) is 19.5 Å². The predicted molar refractivity (Wildman–Crippen MR) is 103 cm³/mol. The Bertz CT molecular complexity index is 1010. The van der Waals surface area contributed by atoms with Crippen molar-refractivity contribution in [2.24, 2.45) is 0 Å². The highest BCUT2D eigenvalue weighted by Gasteiger charge is 2.16. The number of carbonyl (C=O) groups excluding carboxylic acids is 2. The van der Waals surface area contributed by atoms with Crippen molar-refractivity contribution in [3.05, 3.63) is 65.9 Å². The molecule has 8 heteroatoms. The molecule has 150 valence electrons. The van der Waals surface area contributed by atoms with Crippen LogP contribution in [0.2, 0.25) is 0 Å². The van der Waals surface area contributed by atoms with Crippen LogP contribution in [0.3, 0.4) is 0 Å². The molecule has 0 bridgehead atoms. The van der Waals surface area contributed by atoms with Gasteiger partial charge in [-0.25, -0.2) is 14.2 Å². The Hall–Kier alpha value is -3.68. The summed E-state index contributed by atoms with van der Waals surface area (Å²) in [6.07, 6.45) is 1.88. The lowest BCUT2D eigenvalue weighted by Gasteiger charge is -2.11. The van der Waals surface area contributed by atoms with E-state index in [0.29, 0.717) is 28.7 Å². The van der Waals surface area contributed by atoms with Crippen molar-refractivity contribution in [1.29, 1.82) is 0 Å². The van der Waals surface area contributed by atoms with Crippen LogP contribution in [0.4, 0.5) is 10.1 Å². The van der Waals surface area contributed by atoms with Crippen molar-refractivity contribution >= 4 is 17.6 Å². The lowest BCUT2D eigenvalue weighted by Crippen LogP contribution is -2.16. The summed E-state index contributed by atoms with van der Waals surface area (Å²) in [5.41, 5.74) is 1.20. The molecule has 3 rings (SSSR count). The van der Waals surface area contributed by atoms with Crippen LogP contribution in [0, 0.1) is 5.82 Å². The molecule has 0 saturated carbocycles. The summed E-state index contributed by atoms with van der Waals surface area (Å²) in [6.45, 7) is 0. The van der Waals surface area contributed by atoms with E-state index >= 15 is 0 Å². The maximum Gasteiger partial charge on any atom is 0.340 e. The minimum Gasteiger partial charge on any atom is -0.497 e. The molecule has 3 aromatic rings. The van der Waals surface area contributed by atoms with Gasteiger partial charge in [-0.05, 0) is 42.5 Å². The summed E-state index contributed by atoms with van der Waals surface area (Å²) in [5.74, 6) is 0.0927. The summed E-state index contributed by atoms with van der Waals surface area (Å²) < 4.78 is 28.5. The molecule has 1 heterocycles. The van der Waals surface area contributed by atoms with Crippen LogP contribution >= 0.6 is 0 Å². The fourth-order valence-electron chi connectivity index (χ4n) is 2.64. The zero-order chi connectivity index (χ0) is 20.8. The number of nitrogens with one attached hydrogen (secondary N) is 1. The van der Waals surface area contributed by atoms with Crippen molar-refractivity contribution in [2.45, 2.75) is 12.8 Å². The summed E-state index contributed by atoms with van der Waals surface area (Å²) in [7, 11) is 2.74. The molecular weight excluding hydrogens is 379 g/mol. The maximum atomic E-state index is 13.0. The molecule has 0 aliphatic carbocycles. The standard InChI is InChI=1S/C21H19FN2O5/c1-27-15-7-8-17(16(11-15)21(26)28-2)24-19(25)9-10-20-23-12-18(29-20)13-3-5-14(22)6-4-13/h3-8,11-12H,9-10H2,1-2H3,(H,24,25). The molecule has 1 N–H and O–H groups in total. The average molecular weight is 398 g/mol. The van der Waals surface area contributed by atoms with E-state index in [2.05, 4.69) is 10.3 Å². The third-order valence-corrected chi connectivity index (χ3v) is 4.15. The molecular formula is C21H19FN2O5. The van der Waals surface area contributed by atoms with Crippen molar-refractivity contribution in [3.8, 4) is 17.1 Å².